The van der Waals surface area contributed by atoms with E-state index in [-0.39, 0.29) is 30.5 Å². The first-order valence-corrected chi connectivity index (χ1v) is 5.90. The van der Waals surface area contributed by atoms with Crippen LogP contribution in [0.1, 0.15) is 5.56 Å². The van der Waals surface area contributed by atoms with E-state index in [1.807, 2.05) is 0 Å². The van der Waals surface area contributed by atoms with E-state index in [2.05, 4.69) is 10.2 Å². The molecule has 0 spiro atoms. The van der Waals surface area contributed by atoms with Crippen molar-refractivity contribution in [2.45, 2.75) is 6.54 Å². The Hall–Kier alpha value is -0.590. The van der Waals surface area contributed by atoms with Crippen LogP contribution in [0.25, 0.3) is 0 Å². The number of nitro groups is 1. The van der Waals surface area contributed by atoms with Crippen LogP contribution in [0.2, 0.25) is 5.02 Å². The van der Waals surface area contributed by atoms with Crippen LogP contribution in [0.4, 0.5) is 5.69 Å². The number of benzene rings is 1. The van der Waals surface area contributed by atoms with Crippen molar-refractivity contribution in [1.29, 1.82) is 0 Å². The highest BCUT2D eigenvalue weighted by Crippen LogP contribution is 2.23. The van der Waals surface area contributed by atoms with E-state index in [9.17, 15) is 10.1 Å². The van der Waals surface area contributed by atoms with Crippen LogP contribution in [0.15, 0.2) is 18.2 Å². The maximum Gasteiger partial charge on any atom is 0.269 e. The zero-order valence-corrected chi connectivity index (χ0v) is 12.6. The third-order valence-electron chi connectivity index (χ3n) is 2.84. The summed E-state index contributed by atoms with van der Waals surface area (Å²) in [6, 6.07) is 4.59. The van der Waals surface area contributed by atoms with Crippen molar-refractivity contribution < 1.29 is 4.92 Å². The summed E-state index contributed by atoms with van der Waals surface area (Å²) >= 11 is 6.06. The van der Waals surface area contributed by atoms with Gasteiger partial charge in [0.25, 0.3) is 5.69 Å². The number of hydrogen-bond donors (Lipinski definition) is 1. The summed E-state index contributed by atoms with van der Waals surface area (Å²) in [7, 11) is 0. The van der Waals surface area contributed by atoms with Crippen molar-refractivity contribution in [2.24, 2.45) is 0 Å². The minimum Gasteiger partial charge on any atom is -0.314 e. The third kappa shape index (κ3) is 5.12. The molecule has 2 rings (SSSR count). The number of rotatable bonds is 3. The second-order valence-electron chi connectivity index (χ2n) is 4.06. The van der Waals surface area contributed by atoms with E-state index in [1.54, 1.807) is 12.1 Å². The molecule has 1 saturated heterocycles. The Morgan fingerprint density at radius 3 is 2.53 bits per heavy atom. The van der Waals surface area contributed by atoms with Gasteiger partial charge in [0.2, 0.25) is 0 Å². The molecule has 0 aromatic heterocycles. The number of piperazine rings is 1. The standard InChI is InChI=1S/C11H14ClN3O2.2ClH/c12-11-2-1-10(15(16)17)7-9(11)8-14-5-3-13-4-6-14;;/h1-2,7,13H,3-6,8H2;2*1H. The molecule has 0 atom stereocenters. The van der Waals surface area contributed by atoms with Gasteiger partial charge in [0.05, 0.1) is 4.92 Å². The molecule has 5 nitrogen and oxygen atoms in total. The SMILES string of the molecule is Cl.Cl.O=[N+]([O-])c1ccc(Cl)c(CN2CCNCC2)c1. The molecule has 0 amide bonds. The van der Waals surface area contributed by atoms with Crippen LogP contribution >= 0.6 is 36.4 Å². The van der Waals surface area contributed by atoms with Gasteiger partial charge in [0, 0.05) is 49.9 Å². The topological polar surface area (TPSA) is 58.4 Å². The summed E-state index contributed by atoms with van der Waals surface area (Å²) in [5, 5.41) is 14.5. The fourth-order valence-corrected chi connectivity index (χ4v) is 2.08. The predicted octanol–water partition coefficient (Wildman–Crippen LogP) is 2.50. The summed E-state index contributed by atoms with van der Waals surface area (Å²) in [6.07, 6.45) is 0. The van der Waals surface area contributed by atoms with Gasteiger partial charge >= 0.3 is 0 Å². The molecule has 0 bridgehead atoms. The second-order valence-corrected chi connectivity index (χ2v) is 4.47. The molecule has 8 heteroatoms. The lowest BCUT2D eigenvalue weighted by Crippen LogP contribution is -2.42. The van der Waals surface area contributed by atoms with Crippen LogP contribution in [0.5, 0.6) is 0 Å². The first-order valence-electron chi connectivity index (χ1n) is 5.53. The van der Waals surface area contributed by atoms with Crippen LogP contribution < -0.4 is 5.32 Å². The Kier molecular flexibility index (Phi) is 8.29. The smallest absolute Gasteiger partial charge is 0.269 e. The Morgan fingerprint density at radius 2 is 1.95 bits per heavy atom. The van der Waals surface area contributed by atoms with E-state index in [1.165, 1.54) is 6.07 Å². The molecule has 0 saturated carbocycles. The van der Waals surface area contributed by atoms with E-state index in [4.69, 9.17) is 11.6 Å². The second kappa shape index (κ2) is 8.55. The summed E-state index contributed by atoms with van der Waals surface area (Å²) in [4.78, 5) is 12.5. The van der Waals surface area contributed by atoms with Crippen molar-refractivity contribution in [2.75, 3.05) is 26.2 Å². The maximum absolute atomic E-state index is 10.7. The minimum absolute atomic E-state index is 0. The van der Waals surface area contributed by atoms with E-state index in [0.717, 1.165) is 31.7 Å². The Balaban J connectivity index is 0.00000162. The molecule has 0 radical (unpaired) electrons. The molecular weight excluding hydrogens is 312 g/mol. The van der Waals surface area contributed by atoms with E-state index in [0.29, 0.717) is 11.6 Å². The van der Waals surface area contributed by atoms with Crippen LogP contribution in [0.3, 0.4) is 0 Å². The highest BCUT2D eigenvalue weighted by Gasteiger charge is 2.14. The quantitative estimate of drug-likeness (QED) is 0.684. The fraction of sp³-hybridized carbons (Fsp3) is 0.455. The van der Waals surface area contributed by atoms with Gasteiger partial charge in [-0.05, 0) is 11.6 Å². The zero-order valence-electron chi connectivity index (χ0n) is 10.2. The summed E-state index contributed by atoms with van der Waals surface area (Å²) in [6.45, 7) is 4.46. The van der Waals surface area contributed by atoms with Gasteiger partial charge < -0.3 is 5.32 Å². The van der Waals surface area contributed by atoms with Gasteiger partial charge in [-0.2, -0.15) is 0 Å². The summed E-state index contributed by atoms with van der Waals surface area (Å²) in [5.41, 5.74) is 0.919. The summed E-state index contributed by atoms with van der Waals surface area (Å²) < 4.78 is 0. The molecular formula is C11H16Cl3N3O2. The molecule has 1 aromatic rings. The number of nitrogens with one attached hydrogen (secondary N) is 1. The van der Waals surface area contributed by atoms with E-state index < -0.39 is 4.92 Å². The molecule has 1 aromatic carbocycles. The predicted molar refractivity (Wildman–Crippen MR) is 80.7 cm³/mol. The third-order valence-corrected chi connectivity index (χ3v) is 3.21. The molecule has 1 fully saturated rings. The normalized spacial score (nSPS) is 15.2. The first-order chi connectivity index (χ1) is 8.16. The molecule has 108 valence electrons. The fourth-order valence-electron chi connectivity index (χ4n) is 1.91. The van der Waals surface area contributed by atoms with E-state index >= 15 is 0 Å². The lowest BCUT2D eigenvalue weighted by Gasteiger charge is -2.27. The van der Waals surface area contributed by atoms with Crippen LogP contribution in [-0.4, -0.2) is 36.0 Å². The van der Waals surface area contributed by atoms with Crippen molar-refractivity contribution in [3.05, 3.63) is 38.9 Å². The summed E-state index contributed by atoms with van der Waals surface area (Å²) in [5.74, 6) is 0. The van der Waals surface area contributed by atoms with Gasteiger partial charge in [-0.25, -0.2) is 0 Å². The van der Waals surface area contributed by atoms with Gasteiger partial charge in [0.1, 0.15) is 0 Å². The van der Waals surface area contributed by atoms with Crippen molar-refractivity contribution >= 4 is 42.1 Å². The average molecular weight is 329 g/mol. The van der Waals surface area contributed by atoms with Gasteiger partial charge in [0.15, 0.2) is 0 Å². The van der Waals surface area contributed by atoms with Gasteiger partial charge in [-0.15, -0.1) is 24.8 Å². The molecule has 19 heavy (non-hydrogen) atoms. The number of nitro benzene ring substituents is 1. The number of non-ortho nitro benzene ring substituents is 1. The van der Waals surface area contributed by atoms with Crippen molar-refractivity contribution in [3.63, 3.8) is 0 Å². The van der Waals surface area contributed by atoms with Crippen LogP contribution in [0, 0.1) is 10.1 Å². The zero-order chi connectivity index (χ0) is 12.3. The molecule has 1 N–H and O–H groups in total. The van der Waals surface area contributed by atoms with Gasteiger partial charge in [-0.3, -0.25) is 15.0 Å². The highest BCUT2D eigenvalue weighted by atomic mass is 35.5. The number of hydrogen-bond acceptors (Lipinski definition) is 4. The highest BCUT2D eigenvalue weighted by molar-refractivity contribution is 6.31. The molecule has 1 aliphatic rings. The monoisotopic (exact) mass is 327 g/mol. The average Bonchev–Trinajstić information content (AvgIpc) is 2.33. The Morgan fingerprint density at radius 1 is 1.32 bits per heavy atom. The lowest BCUT2D eigenvalue weighted by molar-refractivity contribution is -0.384. The maximum atomic E-state index is 10.7. The Labute approximate surface area is 129 Å². The van der Waals surface area contributed by atoms with Crippen molar-refractivity contribution in [3.8, 4) is 0 Å². The van der Waals surface area contributed by atoms with Crippen LogP contribution in [-0.2, 0) is 6.54 Å². The first kappa shape index (κ1) is 18.4. The molecule has 1 heterocycles. The van der Waals surface area contributed by atoms with Crippen molar-refractivity contribution in [1.82, 2.24) is 10.2 Å². The molecule has 0 aliphatic carbocycles. The number of halogens is 3. The largest absolute Gasteiger partial charge is 0.314 e. The number of nitrogens with zero attached hydrogens (tertiary/aromatic N) is 2. The Bertz CT molecular complexity index is 426. The minimum atomic E-state index is -0.391. The molecule has 1 aliphatic heterocycles. The molecule has 0 unspecified atom stereocenters. The lowest BCUT2D eigenvalue weighted by atomic mass is 10.2. The van der Waals surface area contributed by atoms with Gasteiger partial charge in [-0.1, -0.05) is 11.6 Å².